The van der Waals surface area contributed by atoms with Crippen LogP contribution in [0.4, 0.5) is 0 Å². The number of nitrogens with one attached hydrogen (secondary N) is 1. The van der Waals surface area contributed by atoms with Gasteiger partial charge in [0.15, 0.2) is 9.84 Å². The van der Waals surface area contributed by atoms with E-state index < -0.39 is 9.84 Å². The van der Waals surface area contributed by atoms with Gasteiger partial charge >= 0.3 is 0 Å². The van der Waals surface area contributed by atoms with Crippen LogP contribution in [0, 0.1) is 5.41 Å². The van der Waals surface area contributed by atoms with Crippen molar-refractivity contribution in [2.24, 2.45) is 5.73 Å². The van der Waals surface area contributed by atoms with Gasteiger partial charge in [-0.1, -0.05) is 31.2 Å². The second-order valence-corrected chi connectivity index (χ2v) is 6.56. The van der Waals surface area contributed by atoms with Gasteiger partial charge in [0.05, 0.1) is 11.0 Å². The molecule has 0 aliphatic rings. The van der Waals surface area contributed by atoms with Gasteiger partial charge in [-0.2, -0.15) is 0 Å². The quantitative estimate of drug-likeness (QED) is 0.619. The first kappa shape index (κ1) is 13.7. The van der Waals surface area contributed by atoms with Gasteiger partial charge in [-0.05, 0) is 18.9 Å². The van der Waals surface area contributed by atoms with Crippen LogP contribution in [0.1, 0.15) is 31.4 Å². The number of nitrogens with two attached hydrogens (primary N) is 1. The number of sulfone groups is 1. The summed E-state index contributed by atoms with van der Waals surface area (Å²) in [4.78, 5) is 0. The van der Waals surface area contributed by atoms with Gasteiger partial charge in [0.2, 0.25) is 0 Å². The summed E-state index contributed by atoms with van der Waals surface area (Å²) < 4.78 is 23.8. The average molecular weight is 254 g/mol. The van der Waals surface area contributed by atoms with Crippen LogP contribution in [0.2, 0.25) is 0 Å². The molecule has 3 N–H and O–H groups in total. The van der Waals surface area contributed by atoms with Crippen molar-refractivity contribution in [3.8, 4) is 0 Å². The van der Waals surface area contributed by atoms with Crippen molar-refractivity contribution < 1.29 is 8.42 Å². The van der Waals surface area contributed by atoms with Gasteiger partial charge in [-0.3, -0.25) is 5.41 Å². The summed E-state index contributed by atoms with van der Waals surface area (Å²) in [7, 11) is -3.08. The van der Waals surface area contributed by atoms with Gasteiger partial charge in [-0.25, -0.2) is 8.42 Å². The van der Waals surface area contributed by atoms with Crippen LogP contribution < -0.4 is 5.73 Å². The standard InChI is InChI=1S/C12H18N2O2S/c1-3-9(2)17(15,16)8-10-4-6-11(7-5-10)12(13)14/h4-7,9H,3,8H2,1-2H3,(H3,13,14). The third kappa shape index (κ3) is 3.56. The van der Waals surface area contributed by atoms with E-state index in [0.717, 1.165) is 5.56 Å². The molecule has 0 aromatic heterocycles. The molecule has 1 rings (SSSR count). The molecule has 0 radical (unpaired) electrons. The molecule has 1 aromatic rings. The molecule has 1 aromatic carbocycles. The first-order valence-electron chi connectivity index (χ1n) is 5.51. The predicted octanol–water partition coefficient (Wildman–Crippen LogP) is 1.68. The zero-order valence-corrected chi connectivity index (χ0v) is 10.9. The second-order valence-electron chi connectivity index (χ2n) is 4.14. The Kier molecular flexibility index (Phi) is 4.28. The van der Waals surface area contributed by atoms with E-state index in [9.17, 15) is 8.42 Å². The molecule has 0 amide bonds. The van der Waals surface area contributed by atoms with Crippen molar-refractivity contribution in [1.29, 1.82) is 5.41 Å². The number of nitrogen functional groups attached to an aromatic ring is 1. The van der Waals surface area contributed by atoms with Crippen LogP contribution in [0.15, 0.2) is 24.3 Å². The van der Waals surface area contributed by atoms with Crippen LogP contribution in [-0.4, -0.2) is 19.5 Å². The highest BCUT2D eigenvalue weighted by atomic mass is 32.2. The van der Waals surface area contributed by atoms with Crippen LogP contribution in [0.25, 0.3) is 0 Å². The number of hydrogen-bond acceptors (Lipinski definition) is 3. The molecule has 94 valence electrons. The Labute approximate surface area is 102 Å². The number of rotatable bonds is 5. The lowest BCUT2D eigenvalue weighted by Gasteiger charge is -2.10. The van der Waals surface area contributed by atoms with E-state index in [1.165, 1.54) is 0 Å². The van der Waals surface area contributed by atoms with Gasteiger partial charge in [0.25, 0.3) is 0 Å². The molecule has 1 unspecified atom stereocenters. The SMILES string of the molecule is CCC(C)S(=O)(=O)Cc1ccc(C(=N)N)cc1. The number of benzene rings is 1. The third-order valence-corrected chi connectivity index (χ3v) is 5.12. The van der Waals surface area contributed by atoms with Crippen LogP contribution >= 0.6 is 0 Å². The molecule has 0 spiro atoms. The van der Waals surface area contributed by atoms with Crippen molar-refractivity contribution in [2.45, 2.75) is 31.3 Å². The fourth-order valence-corrected chi connectivity index (χ4v) is 2.86. The van der Waals surface area contributed by atoms with Gasteiger partial charge in [0, 0.05) is 5.56 Å². The monoisotopic (exact) mass is 254 g/mol. The maximum Gasteiger partial charge on any atom is 0.157 e. The molecule has 1 atom stereocenters. The minimum absolute atomic E-state index is 0.0127. The topological polar surface area (TPSA) is 84.0 Å². The molecular formula is C12H18N2O2S. The lowest BCUT2D eigenvalue weighted by atomic mass is 10.1. The smallest absolute Gasteiger partial charge is 0.157 e. The maximum absolute atomic E-state index is 11.9. The van der Waals surface area contributed by atoms with E-state index in [1.807, 2.05) is 6.92 Å². The first-order chi connectivity index (χ1) is 7.86. The Balaban J connectivity index is 2.86. The largest absolute Gasteiger partial charge is 0.384 e. The summed E-state index contributed by atoms with van der Waals surface area (Å²) in [5.74, 6) is 0.0292. The zero-order valence-electron chi connectivity index (χ0n) is 10.1. The lowest BCUT2D eigenvalue weighted by molar-refractivity contribution is 0.580. The van der Waals surface area contributed by atoms with E-state index in [-0.39, 0.29) is 16.8 Å². The van der Waals surface area contributed by atoms with Crippen molar-refractivity contribution in [3.05, 3.63) is 35.4 Å². The van der Waals surface area contributed by atoms with E-state index in [4.69, 9.17) is 11.1 Å². The Morgan fingerprint density at radius 1 is 1.35 bits per heavy atom. The fourth-order valence-electron chi connectivity index (χ4n) is 1.41. The van der Waals surface area contributed by atoms with E-state index in [0.29, 0.717) is 12.0 Å². The summed E-state index contributed by atoms with van der Waals surface area (Å²) in [6, 6.07) is 6.75. The molecule has 0 heterocycles. The Bertz CT molecular complexity index is 492. The van der Waals surface area contributed by atoms with E-state index in [2.05, 4.69) is 0 Å². The third-order valence-electron chi connectivity index (χ3n) is 2.82. The van der Waals surface area contributed by atoms with Crippen LogP contribution in [0.3, 0.4) is 0 Å². The summed E-state index contributed by atoms with van der Waals surface area (Å²) in [6.45, 7) is 3.58. The molecule has 0 bridgehead atoms. The minimum atomic E-state index is -3.08. The van der Waals surface area contributed by atoms with Crippen molar-refractivity contribution in [3.63, 3.8) is 0 Å². The minimum Gasteiger partial charge on any atom is -0.384 e. The van der Waals surface area contributed by atoms with Crippen molar-refractivity contribution in [2.75, 3.05) is 0 Å². The maximum atomic E-state index is 11.9. The normalized spacial score (nSPS) is 13.3. The molecule has 0 aliphatic heterocycles. The molecule has 0 aliphatic carbocycles. The summed E-state index contributed by atoms with van der Waals surface area (Å²) >= 11 is 0. The molecule has 0 fully saturated rings. The Hall–Kier alpha value is -1.36. The summed E-state index contributed by atoms with van der Waals surface area (Å²) in [6.07, 6.45) is 0.619. The summed E-state index contributed by atoms with van der Waals surface area (Å²) in [5.41, 5.74) is 6.66. The molecule has 4 nitrogen and oxygen atoms in total. The average Bonchev–Trinajstić information content (AvgIpc) is 2.28. The molecule has 17 heavy (non-hydrogen) atoms. The predicted molar refractivity (Wildman–Crippen MR) is 69.8 cm³/mol. The first-order valence-corrected chi connectivity index (χ1v) is 7.23. The van der Waals surface area contributed by atoms with Crippen molar-refractivity contribution >= 4 is 15.7 Å². The fraction of sp³-hybridized carbons (Fsp3) is 0.417. The Morgan fingerprint density at radius 3 is 2.29 bits per heavy atom. The highest BCUT2D eigenvalue weighted by molar-refractivity contribution is 7.91. The second kappa shape index (κ2) is 5.31. The van der Waals surface area contributed by atoms with E-state index >= 15 is 0 Å². The van der Waals surface area contributed by atoms with E-state index in [1.54, 1.807) is 31.2 Å². The lowest BCUT2D eigenvalue weighted by Crippen LogP contribution is -2.18. The van der Waals surface area contributed by atoms with Gasteiger partial charge < -0.3 is 5.73 Å². The van der Waals surface area contributed by atoms with Crippen LogP contribution in [-0.2, 0) is 15.6 Å². The van der Waals surface area contributed by atoms with Crippen molar-refractivity contribution in [1.82, 2.24) is 0 Å². The molecule has 0 saturated carbocycles. The van der Waals surface area contributed by atoms with Gasteiger partial charge in [0.1, 0.15) is 5.84 Å². The molecule has 0 saturated heterocycles. The van der Waals surface area contributed by atoms with Crippen LogP contribution in [0.5, 0.6) is 0 Å². The zero-order chi connectivity index (χ0) is 13.1. The number of amidine groups is 1. The number of hydrogen-bond donors (Lipinski definition) is 2. The molecule has 5 heteroatoms. The highest BCUT2D eigenvalue weighted by Gasteiger charge is 2.19. The Morgan fingerprint density at radius 2 is 1.88 bits per heavy atom. The highest BCUT2D eigenvalue weighted by Crippen LogP contribution is 2.14. The summed E-state index contributed by atoms with van der Waals surface area (Å²) in [5, 5.41) is 6.92. The molecular weight excluding hydrogens is 236 g/mol. The van der Waals surface area contributed by atoms with Gasteiger partial charge in [-0.15, -0.1) is 0 Å².